The fraction of sp³-hybridized carbons (Fsp3) is 0.565. The molecule has 0 saturated heterocycles. The second-order valence-electron chi connectivity index (χ2n) is 8.27. The highest BCUT2D eigenvalue weighted by Crippen LogP contribution is 2.29. The molecule has 2 N–H and O–H groups in total. The summed E-state index contributed by atoms with van der Waals surface area (Å²) in [4.78, 5) is 24.4. The van der Waals surface area contributed by atoms with E-state index in [1.165, 1.54) is 17.5 Å². The summed E-state index contributed by atoms with van der Waals surface area (Å²) < 4.78 is 5.65. The monoisotopic (exact) mass is 384 g/mol. The molecular weight excluding hydrogens is 352 g/mol. The van der Waals surface area contributed by atoms with Gasteiger partial charge in [-0.15, -0.1) is 0 Å². The van der Waals surface area contributed by atoms with Gasteiger partial charge in [-0.1, -0.05) is 33.1 Å². The van der Waals surface area contributed by atoms with Crippen LogP contribution in [-0.2, 0) is 16.0 Å². The van der Waals surface area contributed by atoms with Gasteiger partial charge >= 0.3 is 0 Å². The average molecular weight is 385 g/mol. The molecule has 2 aromatic rings. The molecule has 0 atom stereocenters. The van der Waals surface area contributed by atoms with Crippen molar-refractivity contribution in [2.45, 2.75) is 65.2 Å². The van der Waals surface area contributed by atoms with Gasteiger partial charge in [-0.25, -0.2) is 0 Å². The summed E-state index contributed by atoms with van der Waals surface area (Å²) in [6.07, 6.45) is 7.47. The molecule has 0 spiro atoms. The summed E-state index contributed by atoms with van der Waals surface area (Å²) in [5.74, 6) is 0.654. The minimum atomic E-state index is -0.0544. The van der Waals surface area contributed by atoms with Crippen LogP contribution < -0.4 is 10.6 Å². The van der Waals surface area contributed by atoms with E-state index in [9.17, 15) is 9.59 Å². The standard InChI is InChI=1S/C23H32N2O3/c1-15(2)19-13-20-18(14-28-21(20)11-16(19)3)12-22(26)24-9-10-25-23(27)17-7-5-4-6-8-17/h11,13-15,17H,4-10,12H2,1-3H3,(H,24,26)(H,25,27). The van der Waals surface area contributed by atoms with Crippen LogP contribution in [0.15, 0.2) is 22.8 Å². The van der Waals surface area contributed by atoms with Crippen LogP contribution in [0.2, 0.25) is 0 Å². The summed E-state index contributed by atoms with van der Waals surface area (Å²) in [7, 11) is 0. The Bertz CT molecular complexity index is 832. The van der Waals surface area contributed by atoms with Crippen molar-refractivity contribution in [1.82, 2.24) is 10.6 Å². The minimum absolute atomic E-state index is 0.0544. The molecule has 5 nitrogen and oxygen atoms in total. The molecule has 0 bridgehead atoms. The number of aryl methyl sites for hydroxylation is 1. The molecule has 152 valence electrons. The number of rotatable bonds is 7. The predicted molar refractivity (Wildman–Crippen MR) is 111 cm³/mol. The number of furan rings is 1. The first kappa shape index (κ1) is 20.4. The van der Waals surface area contributed by atoms with Crippen molar-refractivity contribution < 1.29 is 14.0 Å². The zero-order valence-corrected chi connectivity index (χ0v) is 17.3. The van der Waals surface area contributed by atoms with E-state index in [0.717, 1.165) is 42.2 Å². The first-order chi connectivity index (χ1) is 13.5. The van der Waals surface area contributed by atoms with Crippen LogP contribution in [0.5, 0.6) is 0 Å². The Hall–Kier alpha value is -2.30. The highest BCUT2D eigenvalue weighted by Gasteiger charge is 2.20. The number of hydrogen-bond donors (Lipinski definition) is 2. The molecule has 28 heavy (non-hydrogen) atoms. The summed E-state index contributed by atoms with van der Waals surface area (Å²) in [5.41, 5.74) is 4.22. The minimum Gasteiger partial charge on any atom is -0.464 e. The van der Waals surface area contributed by atoms with Crippen LogP contribution in [0.4, 0.5) is 0 Å². The van der Waals surface area contributed by atoms with Gasteiger partial charge in [0.15, 0.2) is 0 Å². The lowest BCUT2D eigenvalue weighted by Gasteiger charge is -2.20. The SMILES string of the molecule is Cc1cc2occ(CC(=O)NCCNC(=O)C3CCCCC3)c2cc1C(C)C. The van der Waals surface area contributed by atoms with E-state index >= 15 is 0 Å². The van der Waals surface area contributed by atoms with Gasteiger partial charge in [0.05, 0.1) is 12.7 Å². The largest absolute Gasteiger partial charge is 0.464 e. The molecule has 3 rings (SSSR count). The summed E-state index contributed by atoms with van der Waals surface area (Å²) in [5, 5.41) is 6.86. The van der Waals surface area contributed by atoms with Gasteiger partial charge in [0.1, 0.15) is 5.58 Å². The van der Waals surface area contributed by atoms with E-state index in [-0.39, 0.29) is 24.2 Å². The number of amides is 2. The first-order valence-electron chi connectivity index (χ1n) is 10.5. The van der Waals surface area contributed by atoms with Gasteiger partial charge in [0.25, 0.3) is 0 Å². The Morgan fingerprint density at radius 3 is 2.54 bits per heavy atom. The summed E-state index contributed by atoms with van der Waals surface area (Å²) >= 11 is 0. The molecule has 1 heterocycles. The van der Waals surface area contributed by atoms with E-state index in [1.807, 2.05) is 6.07 Å². The van der Waals surface area contributed by atoms with E-state index < -0.39 is 0 Å². The van der Waals surface area contributed by atoms with Gasteiger partial charge in [-0.3, -0.25) is 9.59 Å². The van der Waals surface area contributed by atoms with Gasteiger partial charge in [0, 0.05) is 30.0 Å². The van der Waals surface area contributed by atoms with Crippen LogP contribution in [0.3, 0.4) is 0 Å². The van der Waals surface area contributed by atoms with Crippen molar-refractivity contribution in [3.05, 3.63) is 35.1 Å². The second-order valence-corrected chi connectivity index (χ2v) is 8.27. The molecule has 0 radical (unpaired) electrons. The number of benzene rings is 1. The van der Waals surface area contributed by atoms with Crippen molar-refractivity contribution in [3.63, 3.8) is 0 Å². The van der Waals surface area contributed by atoms with E-state index in [2.05, 4.69) is 37.5 Å². The fourth-order valence-electron chi connectivity index (χ4n) is 4.14. The molecule has 1 aromatic carbocycles. The molecule has 0 aliphatic heterocycles. The Balaban J connectivity index is 1.49. The maximum absolute atomic E-state index is 12.3. The molecule has 0 unspecified atom stereocenters. The smallest absolute Gasteiger partial charge is 0.224 e. The maximum atomic E-state index is 12.3. The lowest BCUT2D eigenvalue weighted by atomic mass is 9.89. The number of carbonyl (C=O) groups is 2. The van der Waals surface area contributed by atoms with Gasteiger partial charge in [0.2, 0.25) is 11.8 Å². The highest BCUT2D eigenvalue weighted by atomic mass is 16.3. The fourth-order valence-corrected chi connectivity index (χ4v) is 4.14. The lowest BCUT2D eigenvalue weighted by Crippen LogP contribution is -2.38. The Morgan fingerprint density at radius 1 is 1.11 bits per heavy atom. The van der Waals surface area contributed by atoms with Crippen LogP contribution >= 0.6 is 0 Å². The Kier molecular flexibility index (Phi) is 6.76. The van der Waals surface area contributed by atoms with Crippen LogP contribution in [0.1, 0.15) is 68.6 Å². The van der Waals surface area contributed by atoms with Crippen molar-refractivity contribution in [2.75, 3.05) is 13.1 Å². The molecule has 1 aromatic heterocycles. The molecule has 1 aliphatic carbocycles. The topological polar surface area (TPSA) is 71.3 Å². The van der Waals surface area contributed by atoms with Gasteiger partial charge in [-0.05, 0) is 48.9 Å². The van der Waals surface area contributed by atoms with Crippen LogP contribution in [0.25, 0.3) is 11.0 Å². The normalized spacial score (nSPS) is 15.1. The lowest BCUT2D eigenvalue weighted by molar-refractivity contribution is -0.126. The van der Waals surface area contributed by atoms with E-state index in [1.54, 1.807) is 6.26 Å². The Labute approximate surface area is 167 Å². The molecule has 5 heteroatoms. The van der Waals surface area contributed by atoms with Crippen molar-refractivity contribution in [1.29, 1.82) is 0 Å². The van der Waals surface area contributed by atoms with Crippen molar-refractivity contribution >= 4 is 22.8 Å². The van der Waals surface area contributed by atoms with Crippen molar-refractivity contribution in [2.24, 2.45) is 5.92 Å². The van der Waals surface area contributed by atoms with Crippen LogP contribution in [-0.4, -0.2) is 24.9 Å². The summed E-state index contributed by atoms with van der Waals surface area (Å²) in [6.45, 7) is 7.35. The second kappa shape index (κ2) is 9.26. The number of fused-ring (bicyclic) bond motifs is 1. The molecular formula is C23H32N2O3. The third-order valence-electron chi connectivity index (χ3n) is 5.74. The van der Waals surface area contributed by atoms with E-state index in [4.69, 9.17) is 4.42 Å². The predicted octanol–water partition coefficient (Wildman–Crippen LogP) is 4.22. The number of hydrogen-bond acceptors (Lipinski definition) is 3. The molecule has 1 saturated carbocycles. The number of nitrogens with one attached hydrogen (secondary N) is 2. The van der Waals surface area contributed by atoms with Crippen LogP contribution in [0, 0.1) is 12.8 Å². The quantitative estimate of drug-likeness (QED) is 0.702. The molecule has 1 fully saturated rings. The van der Waals surface area contributed by atoms with Gasteiger partial charge < -0.3 is 15.1 Å². The first-order valence-corrected chi connectivity index (χ1v) is 10.5. The molecule has 1 aliphatic rings. The average Bonchev–Trinajstić information content (AvgIpc) is 3.06. The Morgan fingerprint density at radius 2 is 1.82 bits per heavy atom. The summed E-state index contributed by atoms with van der Waals surface area (Å²) in [6, 6.07) is 4.19. The third-order valence-corrected chi connectivity index (χ3v) is 5.74. The number of carbonyl (C=O) groups excluding carboxylic acids is 2. The zero-order chi connectivity index (χ0) is 20.1. The third kappa shape index (κ3) is 4.94. The zero-order valence-electron chi connectivity index (χ0n) is 17.3. The van der Waals surface area contributed by atoms with Crippen molar-refractivity contribution in [3.8, 4) is 0 Å². The van der Waals surface area contributed by atoms with Gasteiger partial charge in [-0.2, -0.15) is 0 Å². The van der Waals surface area contributed by atoms with E-state index in [0.29, 0.717) is 19.0 Å². The molecule has 2 amide bonds. The highest BCUT2D eigenvalue weighted by molar-refractivity contribution is 5.88. The maximum Gasteiger partial charge on any atom is 0.224 e.